The molecule has 0 bridgehead atoms. The summed E-state index contributed by atoms with van der Waals surface area (Å²) in [4.78, 5) is 24.1. The third kappa shape index (κ3) is 5.37. The minimum Gasteiger partial charge on any atom is -0.486 e. The maximum Gasteiger partial charge on any atom is 0.287 e. The molecule has 0 radical (unpaired) electrons. The molecule has 0 saturated heterocycles. The average Bonchev–Trinajstić information content (AvgIpc) is 3.17. The Bertz CT molecular complexity index is 970. The van der Waals surface area contributed by atoms with Gasteiger partial charge >= 0.3 is 0 Å². The third-order valence-corrected chi connectivity index (χ3v) is 4.28. The molecule has 3 rings (SSSR count). The molecule has 7 heteroatoms. The Morgan fingerprint density at radius 2 is 1.86 bits per heavy atom. The first-order valence-corrected chi connectivity index (χ1v) is 9.00. The number of para-hydroxylation sites is 1. The largest absolute Gasteiger partial charge is 0.486 e. The van der Waals surface area contributed by atoms with E-state index in [2.05, 4.69) is 10.6 Å². The highest BCUT2D eigenvalue weighted by atomic mass is 35.5. The molecular weight excluding hydrogens is 380 g/mol. The van der Waals surface area contributed by atoms with Crippen LogP contribution in [0.15, 0.2) is 65.1 Å². The molecule has 6 nitrogen and oxygen atoms in total. The highest BCUT2D eigenvalue weighted by Gasteiger charge is 2.13. The first-order valence-electron chi connectivity index (χ1n) is 8.62. The first kappa shape index (κ1) is 19.5. The smallest absolute Gasteiger partial charge is 0.287 e. The van der Waals surface area contributed by atoms with Gasteiger partial charge in [0.2, 0.25) is 5.91 Å². The first-order chi connectivity index (χ1) is 13.5. The number of ether oxygens (including phenoxy) is 1. The van der Waals surface area contributed by atoms with Crippen molar-refractivity contribution in [3.8, 4) is 5.75 Å². The summed E-state index contributed by atoms with van der Waals surface area (Å²) in [5, 5.41) is 5.74. The fourth-order valence-corrected chi connectivity index (χ4v) is 2.55. The van der Waals surface area contributed by atoms with E-state index in [0.29, 0.717) is 22.2 Å². The second-order valence-corrected chi connectivity index (χ2v) is 6.47. The monoisotopic (exact) mass is 398 g/mol. The van der Waals surface area contributed by atoms with Gasteiger partial charge in [0, 0.05) is 10.7 Å². The van der Waals surface area contributed by atoms with Gasteiger partial charge in [0.15, 0.2) is 5.76 Å². The molecule has 1 aromatic heterocycles. The SMILES string of the molecule is Cc1ccc(NC(=O)CNC(=O)c2ccc(COc3ccccc3)o2)cc1Cl. The van der Waals surface area contributed by atoms with Crippen LogP contribution in [0, 0.1) is 6.92 Å². The molecule has 0 saturated carbocycles. The molecule has 0 aliphatic carbocycles. The summed E-state index contributed by atoms with van der Waals surface area (Å²) in [6, 6.07) is 17.7. The summed E-state index contributed by atoms with van der Waals surface area (Å²) < 4.78 is 11.0. The van der Waals surface area contributed by atoms with Crippen molar-refractivity contribution in [1.29, 1.82) is 0 Å². The Labute approximate surface area is 167 Å². The van der Waals surface area contributed by atoms with Crippen LogP contribution in [0.1, 0.15) is 21.9 Å². The van der Waals surface area contributed by atoms with Gasteiger partial charge in [-0.15, -0.1) is 0 Å². The van der Waals surface area contributed by atoms with Crippen molar-refractivity contribution in [2.45, 2.75) is 13.5 Å². The number of benzene rings is 2. The summed E-state index contributed by atoms with van der Waals surface area (Å²) in [6.45, 7) is 1.88. The van der Waals surface area contributed by atoms with Gasteiger partial charge in [-0.2, -0.15) is 0 Å². The van der Waals surface area contributed by atoms with Crippen LogP contribution in [0.25, 0.3) is 0 Å². The van der Waals surface area contributed by atoms with Gasteiger partial charge in [-0.05, 0) is 48.9 Å². The fourth-order valence-electron chi connectivity index (χ4n) is 2.37. The van der Waals surface area contributed by atoms with Gasteiger partial charge in [0.05, 0.1) is 6.54 Å². The van der Waals surface area contributed by atoms with E-state index in [-0.39, 0.29) is 24.8 Å². The molecule has 0 aliphatic rings. The van der Waals surface area contributed by atoms with Crippen LogP contribution in [0.5, 0.6) is 5.75 Å². The zero-order valence-corrected chi connectivity index (χ0v) is 16.0. The summed E-state index contributed by atoms with van der Waals surface area (Å²) in [7, 11) is 0. The maximum absolute atomic E-state index is 12.1. The van der Waals surface area contributed by atoms with Crippen molar-refractivity contribution in [1.82, 2.24) is 5.32 Å². The molecule has 144 valence electrons. The molecular formula is C21H19ClN2O4. The van der Waals surface area contributed by atoms with Crippen LogP contribution < -0.4 is 15.4 Å². The van der Waals surface area contributed by atoms with Gasteiger partial charge in [-0.25, -0.2) is 0 Å². The lowest BCUT2D eigenvalue weighted by Gasteiger charge is -2.07. The molecule has 2 aromatic carbocycles. The second kappa shape index (κ2) is 9.10. The molecule has 0 aliphatic heterocycles. The molecule has 1 heterocycles. The number of hydrogen-bond donors (Lipinski definition) is 2. The number of rotatable bonds is 7. The van der Waals surface area contributed by atoms with Gasteiger partial charge < -0.3 is 19.8 Å². The number of amides is 2. The number of furan rings is 1. The zero-order valence-electron chi connectivity index (χ0n) is 15.2. The van der Waals surface area contributed by atoms with E-state index in [1.165, 1.54) is 6.07 Å². The molecule has 0 fully saturated rings. The van der Waals surface area contributed by atoms with Crippen molar-refractivity contribution in [2.24, 2.45) is 0 Å². The van der Waals surface area contributed by atoms with Crippen molar-refractivity contribution in [3.63, 3.8) is 0 Å². The van der Waals surface area contributed by atoms with E-state index in [4.69, 9.17) is 20.8 Å². The normalized spacial score (nSPS) is 10.4. The van der Waals surface area contributed by atoms with Gasteiger partial charge in [-0.1, -0.05) is 35.9 Å². The Morgan fingerprint density at radius 1 is 1.07 bits per heavy atom. The molecule has 0 spiro atoms. The van der Waals surface area contributed by atoms with E-state index < -0.39 is 5.91 Å². The van der Waals surface area contributed by atoms with Crippen LogP contribution >= 0.6 is 11.6 Å². The number of aryl methyl sites for hydroxylation is 1. The summed E-state index contributed by atoms with van der Waals surface area (Å²) in [6.07, 6.45) is 0. The Balaban J connectivity index is 1.47. The van der Waals surface area contributed by atoms with E-state index in [1.807, 2.05) is 37.3 Å². The van der Waals surface area contributed by atoms with Gasteiger partial charge in [0.25, 0.3) is 5.91 Å². The lowest BCUT2D eigenvalue weighted by atomic mass is 10.2. The maximum atomic E-state index is 12.1. The van der Waals surface area contributed by atoms with Crippen LogP contribution in [0.4, 0.5) is 5.69 Å². The van der Waals surface area contributed by atoms with Crippen molar-refractivity contribution in [3.05, 3.63) is 82.8 Å². The number of nitrogens with one attached hydrogen (secondary N) is 2. The average molecular weight is 399 g/mol. The van der Waals surface area contributed by atoms with Crippen molar-refractivity contribution >= 4 is 29.1 Å². The van der Waals surface area contributed by atoms with E-state index in [9.17, 15) is 9.59 Å². The Morgan fingerprint density at radius 3 is 2.61 bits per heavy atom. The Kier molecular flexibility index (Phi) is 6.34. The predicted octanol–water partition coefficient (Wildman–Crippen LogP) is 4.19. The van der Waals surface area contributed by atoms with Crippen LogP contribution in [-0.4, -0.2) is 18.4 Å². The van der Waals surface area contributed by atoms with Crippen LogP contribution in [0.3, 0.4) is 0 Å². The number of halogens is 1. The molecule has 0 unspecified atom stereocenters. The second-order valence-electron chi connectivity index (χ2n) is 6.06. The third-order valence-electron chi connectivity index (χ3n) is 3.87. The quantitative estimate of drug-likeness (QED) is 0.625. The van der Waals surface area contributed by atoms with Crippen molar-refractivity contribution < 1.29 is 18.7 Å². The zero-order chi connectivity index (χ0) is 19.9. The molecule has 2 N–H and O–H groups in total. The number of hydrogen-bond acceptors (Lipinski definition) is 4. The molecule has 28 heavy (non-hydrogen) atoms. The lowest BCUT2D eigenvalue weighted by Crippen LogP contribution is -2.32. The summed E-state index contributed by atoms with van der Waals surface area (Å²) in [5.74, 6) is 0.471. The lowest BCUT2D eigenvalue weighted by molar-refractivity contribution is -0.115. The predicted molar refractivity (Wildman–Crippen MR) is 107 cm³/mol. The van der Waals surface area contributed by atoms with Gasteiger partial charge in [-0.3, -0.25) is 9.59 Å². The minimum absolute atomic E-state index is 0.109. The van der Waals surface area contributed by atoms with Crippen molar-refractivity contribution in [2.75, 3.05) is 11.9 Å². The van der Waals surface area contributed by atoms with E-state index >= 15 is 0 Å². The number of anilines is 1. The van der Waals surface area contributed by atoms with Crippen LogP contribution in [-0.2, 0) is 11.4 Å². The highest BCUT2D eigenvalue weighted by Crippen LogP contribution is 2.19. The summed E-state index contributed by atoms with van der Waals surface area (Å²) >= 11 is 6.03. The number of carbonyl (C=O) groups excluding carboxylic acids is 2. The van der Waals surface area contributed by atoms with Crippen LogP contribution in [0.2, 0.25) is 5.02 Å². The van der Waals surface area contributed by atoms with E-state index in [1.54, 1.807) is 24.3 Å². The highest BCUT2D eigenvalue weighted by molar-refractivity contribution is 6.31. The number of carbonyl (C=O) groups is 2. The molecule has 2 amide bonds. The topological polar surface area (TPSA) is 80.6 Å². The fraction of sp³-hybridized carbons (Fsp3) is 0.143. The van der Waals surface area contributed by atoms with Gasteiger partial charge in [0.1, 0.15) is 18.1 Å². The van der Waals surface area contributed by atoms with E-state index in [0.717, 1.165) is 5.56 Å². The summed E-state index contributed by atoms with van der Waals surface area (Å²) in [5.41, 5.74) is 1.48. The Hall–Kier alpha value is -3.25. The standard InChI is InChI=1S/C21H19ClN2O4/c1-14-7-8-15(11-18(14)22)24-20(25)12-23-21(26)19-10-9-17(28-19)13-27-16-5-3-2-4-6-16/h2-11H,12-13H2,1H3,(H,23,26)(H,24,25). The molecule has 0 atom stereocenters. The minimum atomic E-state index is -0.483. The molecule has 3 aromatic rings.